The molecule has 0 unspecified atom stereocenters. The fourth-order valence-electron chi connectivity index (χ4n) is 1.29. The van der Waals surface area contributed by atoms with Crippen molar-refractivity contribution < 1.29 is 4.79 Å². The van der Waals surface area contributed by atoms with Gasteiger partial charge in [-0.25, -0.2) is 4.98 Å². The highest BCUT2D eigenvalue weighted by molar-refractivity contribution is 7.09. The third kappa shape index (κ3) is 2.61. The maximum Gasteiger partial charge on any atom is 0.171 e. The van der Waals surface area contributed by atoms with E-state index in [9.17, 15) is 4.79 Å². The van der Waals surface area contributed by atoms with Gasteiger partial charge < -0.3 is 0 Å². The van der Waals surface area contributed by atoms with Crippen molar-refractivity contribution in [2.24, 2.45) is 0 Å². The number of thiazole rings is 1. The Kier molecular flexibility index (Phi) is 3.59. The number of ketones is 1. The first kappa shape index (κ1) is 11.6. The van der Waals surface area contributed by atoms with Crippen LogP contribution in [0.15, 0.2) is 29.8 Å². The number of hydrogen-bond donors (Lipinski definition) is 0. The molecule has 0 aliphatic carbocycles. The number of carbonyl (C=O) groups excluding carboxylic acids is 1. The number of rotatable bonds is 3. The Balaban J connectivity index is 2.21. The number of nitrogens with zero attached hydrogens (tertiary/aromatic N) is 1. The van der Waals surface area contributed by atoms with E-state index in [0.717, 1.165) is 5.01 Å². The van der Waals surface area contributed by atoms with Gasteiger partial charge in [0.1, 0.15) is 5.01 Å². The molecule has 0 spiro atoms. The molecule has 0 saturated heterocycles. The highest BCUT2D eigenvalue weighted by Gasteiger charge is 2.12. The lowest BCUT2D eigenvalue weighted by atomic mass is 10.1. The van der Waals surface area contributed by atoms with Crippen LogP contribution in [0, 0.1) is 0 Å². The molecule has 5 heteroatoms. The van der Waals surface area contributed by atoms with Gasteiger partial charge in [0.05, 0.1) is 11.4 Å². The molecule has 1 aromatic carbocycles. The normalized spacial score (nSPS) is 10.4. The quantitative estimate of drug-likeness (QED) is 0.794. The first-order valence-corrected chi connectivity index (χ1v) is 6.17. The second kappa shape index (κ2) is 4.95. The van der Waals surface area contributed by atoms with Gasteiger partial charge in [-0.2, -0.15) is 0 Å². The summed E-state index contributed by atoms with van der Waals surface area (Å²) in [6.07, 6.45) is 1.95. The van der Waals surface area contributed by atoms with Crippen LogP contribution in [0.4, 0.5) is 0 Å². The van der Waals surface area contributed by atoms with Crippen LogP contribution in [0.1, 0.15) is 15.4 Å². The fraction of sp³-hybridized carbons (Fsp3) is 0.0909. The molecule has 0 aliphatic heterocycles. The summed E-state index contributed by atoms with van der Waals surface area (Å²) in [4.78, 5) is 15.9. The Morgan fingerprint density at radius 3 is 2.81 bits per heavy atom. The minimum Gasteiger partial charge on any atom is -0.294 e. The van der Waals surface area contributed by atoms with Gasteiger partial charge in [-0.05, 0) is 18.2 Å². The zero-order chi connectivity index (χ0) is 11.5. The third-order valence-electron chi connectivity index (χ3n) is 2.03. The molecular formula is C11H7Cl2NOS. The lowest BCUT2D eigenvalue weighted by Gasteiger charge is -2.02. The minimum atomic E-state index is -0.0448. The van der Waals surface area contributed by atoms with Gasteiger partial charge >= 0.3 is 0 Å². The topological polar surface area (TPSA) is 30.0 Å². The van der Waals surface area contributed by atoms with Crippen molar-refractivity contribution in [3.8, 4) is 0 Å². The van der Waals surface area contributed by atoms with Gasteiger partial charge in [-0.15, -0.1) is 11.3 Å². The van der Waals surface area contributed by atoms with E-state index in [0.29, 0.717) is 15.6 Å². The zero-order valence-corrected chi connectivity index (χ0v) is 10.4. The van der Waals surface area contributed by atoms with E-state index in [-0.39, 0.29) is 12.2 Å². The molecule has 2 nitrogen and oxygen atoms in total. The number of Topliss-reactive ketones (excluding diaryl/α,β-unsaturated/α-hetero) is 1. The van der Waals surface area contributed by atoms with Crippen LogP contribution in [-0.2, 0) is 6.42 Å². The van der Waals surface area contributed by atoms with Gasteiger partial charge in [0, 0.05) is 22.2 Å². The molecular weight excluding hydrogens is 265 g/mol. The van der Waals surface area contributed by atoms with Crippen molar-refractivity contribution in [3.05, 3.63) is 50.4 Å². The summed E-state index contributed by atoms with van der Waals surface area (Å²) >= 11 is 13.2. The van der Waals surface area contributed by atoms with E-state index in [1.165, 1.54) is 11.3 Å². The van der Waals surface area contributed by atoms with Crippen LogP contribution >= 0.6 is 34.5 Å². The Morgan fingerprint density at radius 1 is 1.38 bits per heavy atom. The molecule has 0 amide bonds. The molecule has 16 heavy (non-hydrogen) atoms. The van der Waals surface area contributed by atoms with Crippen molar-refractivity contribution in [1.29, 1.82) is 0 Å². The average molecular weight is 272 g/mol. The zero-order valence-electron chi connectivity index (χ0n) is 8.11. The van der Waals surface area contributed by atoms with E-state index >= 15 is 0 Å². The van der Waals surface area contributed by atoms with E-state index in [2.05, 4.69) is 4.98 Å². The summed E-state index contributed by atoms with van der Waals surface area (Å²) in [5, 5.41) is 3.53. The second-order valence-corrected chi connectivity index (χ2v) is 4.97. The number of hydrogen-bond acceptors (Lipinski definition) is 3. The second-order valence-electron chi connectivity index (χ2n) is 3.15. The van der Waals surface area contributed by atoms with Gasteiger partial charge in [-0.1, -0.05) is 23.2 Å². The first-order valence-electron chi connectivity index (χ1n) is 4.53. The Bertz CT molecular complexity index is 511. The van der Waals surface area contributed by atoms with Gasteiger partial charge in [0.2, 0.25) is 0 Å². The summed E-state index contributed by atoms with van der Waals surface area (Å²) in [5.41, 5.74) is 0.487. The lowest BCUT2D eigenvalue weighted by molar-refractivity contribution is 0.0993. The molecule has 0 bridgehead atoms. The largest absolute Gasteiger partial charge is 0.294 e. The maximum absolute atomic E-state index is 11.9. The van der Waals surface area contributed by atoms with Crippen molar-refractivity contribution in [1.82, 2.24) is 4.98 Å². The summed E-state index contributed by atoms with van der Waals surface area (Å²) in [7, 11) is 0. The van der Waals surface area contributed by atoms with E-state index in [4.69, 9.17) is 23.2 Å². The smallest absolute Gasteiger partial charge is 0.171 e. The Hall–Kier alpha value is -0.900. The fourth-order valence-corrected chi connectivity index (χ4v) is 2.42. The molecule has 1 heterocycles. The molecule has 82 valence electrons. The standard InChI is InChI=1S/C11H7Cl2NOS/c12-7-1-2-8(9(13)5-7)10(15)6-11-14-3-4-16-11/h1-5H,6H2. The van der Waals surface area contributed by atoms with Crippen molar-refractivity contribution in [3.63, 3.8) is 0 Å². The molecule has 0 atom stereocenters. The molecule has 0 fully saturated rings. The third-order valence-corrected chi connectivity index (χ3v) is 3.35. The monoisotopic (exact) mass is 271 g/mol. The molecule has 0 aliphatic rings. The number of carbonyl (C=O) groups is 1. The van der Waals surface area contributed by atoms with Crippen LogP contribution in [0.2, 0.25) is 10.0 Å². The first-order chi connectivity index (χ1) is 7.66. The van der Waals surface area contributed by atoms with E-state index in [1.54, 1.807) is 24.4 Å². The SMILES string of the molecule is O=C(Cc1nccs1)c1ccc(Cl)cc1Cl. The van der Waals surface area contributed by atoms with Gasteiger partial charge in [0.25, 0.3) is 0 Å². The molecule has 0 radical (unpaired) electrons. The van der Waals surface area contributed by atoms with Crippen molar-refractivity contribution in [2.75, 3.05) is 0 Å². The summed E-state index contributed by atoms with van der Waals surface area (Å²) in [6.45, 7) is 0. The number of aromatic nitrogens is 1. The van der Waals surface area contributed by atoms with Gasteiger partial charge in [-0.3, -0.25) is 4.79 Å². The Labute approximate surface area is 107 Å². The van der Waals surface area contributed by atoms with Crippen LogP contribution in [-0.4, -0.2) is 10.8 Å². The molecule has 0 N–H and O–H groups in total. The molecule has 0 saturated carbocycles. The van der Waals surface area contributed by atoms with Crippen molar-refractivity contribution >= 4 is 40.3 Å². The highest BCUT2D eigenvalue weighted by atomic mass is 35.5. The van der Waals surface area contributed by atoms with Crippen LogP contribution < -0.4 is 0 Å². The summed E-state index contributed by atoms with van der Waals surface area (Å²) in [6, 6.07) is 4.86. The molecule has 1 aromatic heterocycles. The minimum absolute atomic E-state index is 0.0448. The Morgan fingerprint density at radius 2 is 2.19 bits per heavy atom. The number of benzene rings is 1. The summed E-state index contributed by atoms with van der Waals surface area (Å²) < 4.78 is 0. The number of halogens is 2. The predicted octanol–water partition coefficient (Wildman–Crippen LogP) is 3.88. The molecule has 2 aromatic rings. The van der Waals surface area contributed by atoms with Gasteiger partial charge in [0.15, 0.2) is 5.78 Å². The van der Waals surface area contributed by atoms with E-state index < -0.39 is 0 Å². The highest BCUT2D eigenvalue weighted by Crippen LogP contribution is 2.22. The van der Waals surface area contributed by atoms with Crippen molar-refractivity contribution in [2.45, 2.75) is 6.42 Å². The van der Waals surface area contributed by atoms with Crippen LogP contribution in [0.3, 0.4) is 0 Å². The predicted molar refractivity (Wildman–Crippen MR) is 66.6 cm³/mol. The average Bonchev–Trinajstić information content (AvgIpc) is 2.70. The maximum atomic E-state index is 11.9. The van der Waals surface area contributed by atoms with E-state index in [1.807, 2.05) is 5.38 Å². The van der Waals surface area contributed by atoms with Crippen LogP contribution in [0.5, 0.6) is 0 Å². The molecule has 2 rings (SSSR count). The lowest BCUT2D eigenvalue weighted by Crippen LogP contribution is -2.03. The summed E-state index contributed by atoms with van der Waals surface area (Å²) in [5.74, 6) is -0.0448. The van der Waals surface area contributed by atoms with Crippen LogP contribution in [0.25, 0.3) is 0 Å².